The third kappa shape index (κ3) is 4.08. The summed E-state index contributed by atoms with van der Waals surface area (Å²) < 4.78 is 5.09. The number of nitrogens with zero attached hydrogens (tertiary/aromatic N) is 1. The van der Waals surface area contributed by atoms with Gasteiger partial charge in [0.2, 0.25) is 17.7 Å². The molecule has 38 heavy (non-hydrogen) atoms. The van der Waals surface area contributed by atoms with Crippen molar-refractivity contribution in [3.05, 3.63) is 51.9 Å². The van der Waals surface area contributed by atoms with Crippen LogP contribution in [0.25, 0.3) is 0 Å². The number of rotatable bonds is 6. The van der Waals surface area contributed by atoms with Crippen molar-refractivity contribution in [1.29, 1.82) is 0 Å². The Kier molecular flexibility index (Phi) is 6.74. The third-order valence-corrected chi connectivity index (χ3v) is 10.6. The molecule has 1 saturated heterocycles. The molecule has 3 aliphatic rings. The maximum atomic E-state index is 14.0. The van der Waals surface area contributed by atoms with Crippen LogP contribution in [0.5, 0.6) is 0 Å². The fraction of sp³-hybridized carbons (Fsp3) is 0.533. The van der Waals surface area contributed by atoms with E-state index in [1.54, 1.807) is 0 Å². The highest BCUT2D eigenvalue weighted by Gasteiger charge is 2.65. The quantitative estimate of drug-likeness (QED) is 0.413. The SMILES string of the molecule is COC(=O)c1c(NC(=O)C(Cc2ccccc2)N2C(=O)C3CCC(C)(C2=O)C3(C)C)sc2c1CCC(C)C2. The number of carbonyl (C=O) groups is 4. The number of ether oxygens (including phenoxy) is 1. The van der Waals surface area contributed by atoms with Crippen LogP contribution in [0.1, 0.15) is 73.3 Å². The van der Waals surface area contributed by atoms with Crippen molar-refractivity contribution < 1.29 is 23.9 Å². The molecule has 2 aliphatic carbocycles. The second-order valence-electron chi connectivity index (χ2n) is 11.9. The minimum Gasteiger partial charge on any atom is -0.465 e. The van der Waals surface area contributed by atoms with Gasteiger partial charge in [0, 0.05) is 17.2 Å². The van der Waals surface area contributed by atoms with Crippen LogP contribution in [-0.4, -0.2) is 41.7 Å². The molecule has 2 heterocycles. The van der Waals surface area contributed by atoms with Gasteiger partial charge in [-0.3, -0.25) is 19.3 Å². The lowest BCUT2D eigenvalue weighted by Crippen LogP contribution is -2.64. The minimum atomic E-state index is -1.03. The van der Waals surface area contributed by atoms with Crippen molar-refractivity contribution in [2.45, 2.75) is 72.3 Å². The van der Waals surface area contributed by atoms with E-state index >= 15 is 0 Å². The first-order chi connectivity index (χ1) is 18.0. The molecule has 4 unspecified atom stereocenters. The van der Waals surface area contributed by atoms with Crippen LogP contribution in [-0.2, 0) is 38.4 Å². The van der Waals surface area contributed by atoms with Crippen molar-refractivity contribution in [2.24, 2.45) is 22.7 Å². The van der Waals surface area contributed by atoms with Crippen LogP contribution < -0.4 is 5.32 Å². The molecule has 2 bridgehead atoms. The lowest BCUT2D eigenvalue weighted by atomic mass is 9.62. The van der Waals surface area contributed by atoms with Crippen LogP contribution in [0.15, 0.2) is 30.3 Å². The minimum absolute atomic E-state index is 0.197. The molecule has 8 heteroatoms. The maximum Gasteiger partial charge on any atom is 0.341 e. The number of likely N-dealkylation sites (tertiary alicyclic amines) is 1. The van der Waals surface area contributed by atoms with Crippen LogP contribution in [0.3, 0.4) is 0 Å². The molecule has 2 fully saturated rings. The first-order valence-corrected chi connectivity index (χ1v) is 14.3. The fourth-order valence-electron chi connectivity index (χ4n) is 6.63. The van der Waals surface area contributed by atoms with Crippen molar-refractivity contribution in [2.75, 3.05) is 12.4 Å². The maximum absolute atomic E-state index is 14.0. The Morgan fingerprint density at radius 3 is 2.55 bits per heavy atom. The first-order valence-electron chi connectivity index (χ1n) is 13.4. The molecule has 3 amide bonds. The molecule has 1 aromatic heterocycles. The van der Waals surface area contributed by atoms with E-state index in [0.717, 1.165) is 35.3 Å². The molecule has 0 spiro atoms. The lowest BCUT2D eigenvalue weighted by Gasteiger charge is -2.49. The van der Waals surface area contributed by atoms with E-state index in [9.17, 15) is 19.2 Å². The standard InChI is InChI=1S/C30H36N2O5S/c1-17-11-12-19-22(15-17)38-25(23(19)27(35)37-5)31-24(33)21(16-18-9-7-6-8-10-18)32-26(34)20-13-14-30(4,28(32)36)29(20,2)3/h6-10,17,20-21H,11-16H2,1-5H3,(H,31,33). The van der Waals surface area contributed by atoms with Crippen LogP contribution in [0.2, 0.25) is 0 Å². The molecule has 0 radical (unpaired) electrons. The topological polar surface area (TPSA) is 92.8 Å². The predicted octanol–water partition coefficient (Wildman–Crippen LogP) is 5.02. The van der Waals surface area contributed by atoms with Crippen LogP contribution >= 0.6 is 11.3 Å². The van der Waals surface area contributed by atoms with Gasteiger partial charge in [0.1, 0.15) is 11.0 Å². The lowest BCUT2D eigenvalue weighted by molar-refractivity contribution is -0.172. The number of carbonyl (C=O) groups excluding carboxylic acids is 4. The Bertz CT molecular complexity index is 1300. The fourth-order valence-corrected chi connectivity index (χ4v) is 8.04. The number of benzene rings is 1. The molecule has 7 nitrogen and oxygen atoms in total. The van der Waals surface area contributed by atoms with Gasteiger partial charge < -0.3 is 10.1 Å². The molecule has 1 saturated carbocycles. The Hall–Kier alpha value is -3.00. The van der Waals surface area contributed by atoms with Crippen molar-refractivity contribution >= 4 is 40.0 Å². The number of methoxy groups -OCH3 is 1. The number of fused-ring (bicyclic) bond motifs is 3. The number of amides is 3. The van der Waals surface area contributed by atoms with Gasteiger partial charge in [0.05, 0.1) is 18.1 Å². The highest BCUT2D eigenvalue weighted by atomic mass is 32.1. The summed E-state index contributed by atoms with van der Waals surface area (Å²) in [5.41, 5.74) is 0.981. The van der Waals surface area contributed by atoms with Crippen LogP contribution in [0, 0.1) is 22.7 Å². The second kappa shape index (κ2) is 9.63. The smallest absolute Gasteiger partial charge is 0.341 e. The highest BCUT2D eigenvalue weighted by molar-refractivity contribution is 7.17. The number of anilines is 1. The van der Waals surface area contributed by atoms with Crippen molar-refractivity contribution in [1.82, 2.24) is 4.90 Å². The summed E-state index contributed by atoms with van der Waals surface area (Å²) in [6.07, 6.45) is 4.00. The number of imide groups is 1. The number of piperidine rings is 1. The van der Waals surface area contributed by atoms with E-state index in [2.05, 4.69) is 12.2 Å². The van der Waals surface area contributed by atoms with E-state index in [1.165, 1.54) is 23.3 Å². The van der Waals surface area contributed by atoms with Crippen LogP contribution in [0.4, 0.5) is 5.00 Å². The zero-order chi connectivity index (χ0) is 27.4. The van der Waals surface area contributed by atoms with Gasteiger partial charge in [0.25, 0.3) is 0 Å². The van der Waals surface area contributed by atoms with E-state index < -0.39 is 28.7 Å². The van der Waals surface area contributed by atoms with Gasteiger partial charge in [-0.25, -0.2) is 4.79 Å². The summed E-state index contributed by atoms with van der Waals surface area (Å²) in [6.45, 7) is 8.09. The van der Waals surface area contributed by atoms with Gasteiger partial charge in [-0.1, -0.05) is 58.0 Å². The molecule has 5 rings (SSSR count). The number of thiophene rings is 1. The third-order valence-electron chi connectivity index (χ3n) is 9.48. The summed E-state index contributed by atoms with van der Waals surface area (Å²) in [5, 5.41) is 3.41. The first kappa shape index (κ1) is 26.6. The van der Waals surface area contributed by atoms with Gasteiger partial charge >= 0.3 is 5.97 Å². The van der Waals surface area contributed by atoms with Gasteiger partial charge in [-0.2, -0.15) is 0 Å². The monoisotopic (exact) mass is 536 g/mol. The summed E-state index contributed by atoms with van der Waals surface area (Å²) >= 11 is 1.40. The van der Waals surface area contributed by atoms with E-state index in [0.29, 0.717) is 29.3 Å². The average Bonchev–Trinajstić information content (AvgIpc) is 3.32. The molecular weight excluding hydrogens is 500 g/mol. The number of nitrogens with one attached hydrogen (secondary N) is 1. The molecule has 2 aromatic rings. The highest BCUT2D eigenvalue weighted by Crippen LogP contribution is 2.60. The molecule has 1 aliphatic heterocycles. The molecule has 1 N–H and O–H groups in total. The zero-order valence-electron chi connectivity index (χ0n) is 22.8. The summed E-state index contributed by atoms with van der Waals surface area (Å²) in [7, 11) is 1.34. The van der Waals surface area contributed by atoms with Crippen molar-refractivity contribution in [3.8, 4) is 0 Å². The molecular formula is C30H36N2O5S. The number of esters is 1. The van der Waals surface area contributed by atoms with E-state index in [-0.39, 0.29) is 24.2 Å². The Balaban J connectivity index is 1.54. The summed E-state index contributed by atoms with van der Waals surface area (Å²) in [5.74, 6) is -1.34. The van der Waals surface area contributed by atoms with Gasteiger partial charge in [0.15, 0.2) is 0 Å². The Morgan fingerprint density at radius 2 is 1.87 bits per heavy atom. The Labute approximate surface area is 227 Å². The van der Waals surface area contributed by atoms with E-state index in [4.69, 9.17) is 4.74 Å². The Morgan fingerprint density at radius 1 is 1.16 bits per heavy atom. The summed E-state index contributed by atoms with van der Waals surface area (Å²) in [4.78, 5) is 57.0. The zero-order valence-corrected chi connectivity index (χ0v) is 23.6. The second-order valence-corrected chi connectivity index (χ2v) is 13.0. The summed E-state index contributed by atoms with van der Waals surface area (Å²) in [6, 6.07) is 8.40. The van der Waals surface area contributed by atoms with Crippen molar-refractivity contribution in [3.63, 3.8) is 0 Å². The average molecular weight is 537 g/mol. The molecule has 4 atom stereocenters. The number of hydrogen-bond acceptors (Lipinski definition) is 6. The predicted molar refractivity (Wildman–Crippen MR) is 146 cm³/mol. The molecule has 1 aromatic carbocycles. The number of hydrogen-bond donors (Lipinski definition) is 1. The van der Waals surface area contributed by atoms with E-state index in [1.807, 2.05) is 51.1 Å². The molecule has 202 valence electrons. The largest absolute Gasteiger partial charge is 0.465 e. The van der Waals surface area contributed by atoms with Gasteiger partial charge in [-0.05, 0) is 54.6 Å². The van der Waals surface area contributed by atoms with Gasteiger partial charge in [-0.15, -0.1) is 11.3 Å². The normalized spacial score (nSPS) is 26.6.